The van der Waals surface area contributed by atoms with Crippen LogP contribution < -0.4 is 0 Å². The Morgan fingerprint density at radius 3 is 3.00 bits per heavy atom. The van der Waals surface area contributed by atoms with Gasteiger partial charge in [0.15, 0.2) is 0 Å². The maximum Gasteiger partial charge on any atom is 0.223 e. The highest BCUT2D eigenvalue weighted by Gasteiger charge is 2.36. The van der Waals surface area contributed by atoms with Crippen molar-refractivity contribution in [2.75, 3.05) is 26.4 Å². The smallest absolute Gasteiger partial charge is 0.223 e. The number of carbonyl (C=O) groups excluding carboxylic acids is 1. The van der Waals surface area contributed by atoms with E-state index in [2.05, 4.69) is 6.92 Å². The van der Waals surface area contributed by atoms with E-state index in [9.17, 15) is 9.90 Å². The number of furan rings is 1. The van der Waals surface area contributed by atoms with E-state index in [1.807, 2.05) is 12.1 Å². The molecule has 0 spiro atoms. The first-order chi connectivity index (χ1) is 10.2. The first-order valence-electron chi connectivity index (χ1n) is 7.75. The molecule has 5 nitrogen and oxygen atoms in total. The Hall–Kier alpha value is -1.33. The van der Waals surface area contributed by atoms with Gasteiger partial charge in [0.2, 0.25) is 5.91 Å². The molecule has 3 atom stereocenters. The molecule has 116 valence electrons. The summed E-state index contributed by atoms with van der Waals surface area (Å²) in [6, 6.07) is 3.82. The molecular formula is C16H23NO4. The van der Waals surface area contributed by atoms with Crippen molar-refractivity contribution in [3.63, 3.8) is 0 Å². The first-order valence-corrected chi connectivity index (χ1v) is 7.75. The van der Waals surface area contributed by atoms with Crippen molar-refractivity contribution in [2.45, 2.75) is 38.1 Å². The van der Waals surface area contributed by atoms with Crippen molar-refractivity contribution in [2.24, 2.45) is 5.92 Å². The van der Waals surface area contributed by atoms with Gasteiger partial charge in [-0.25, -0.2) is 0 Å². The van der Waals surface area contributed by atoms with Gasteiger partial charge in [0.1, 0.15) is 11.5 Å². The summed E-state index contributed by atoms with van der Waals surface area (Å²) in [5.41, 5.74) is 0. The third kappa shape index (κ3) is 3.30. The molecule has 0 radical (unpaired) electrons. The van der Waals surface area contributed by atoms with Crippen LogP contribution in [0.3, 0.4) is 0 Å². The Morgan fingerprint density at radius 1 is 1.48 bits per heavy atom. The number of aliphatic hydroxyl groups excluding tert-OH is 1. The number of aliphatic hydroxyl groups is 1. The highest BCUT2D eigenvalue weighted by molar-refractivity contribution is 5.76. The van der Waals surface area contributed by atoms with E-state index in [0.29, 0.717) is 38.5 Å². The van der Waals surface area contributed by atoms with Crippen LogP contribution in [0, 0.1) is 5.92 Å². The lowest BCUT2D eigenvalue weighted by atomic mass is 10.2. The summed E-state index contributed by atoms with van der Waals surface area (Å²) in [5.74, 6) is 3.31. The number of amides is 1. The van der Waals surface area contributed by atoms with Crippen LogP contribution >= 0.6 is 0 Å². The van der Waals surface area contributed by atoms with Gasteiger partial charge in [-0.1, -0.05) is 6.92 Å². The minimum Gasteiger partial charge on any atom is -0.466 e. The number of carbonyl (C=O) groups is 1. The van der Waals surface area contributed by atoms with Gasteiger partial charge < -0.3 is 19.2 Å². The fraction of sp³-hybridized carbons (Fsp3) is 0.688. The quantitative estimate of drug-likeness (QED) is 0.895. The predicted molar refractivity (Wildman–Crippen MR) is 77.0 cm³/mol. The minimum absolute atomic E-state index is 0.0454. The highest BCUT2D eigenvalue weighted by atomic mass is 16.5. The Kier molecular flexibility index (Phi) is 4.31. The molecule has 3 rings (SSSR count). The van der Waals surface area contributed by atoms with Gasteiger partial charge >= 0.3 is 0 Å². The topological polar surface area (TPSA) is 62.9 Å². The molecule has 1 aromatic heterocycles. The summed E-state index contributed by atoms with van der Waals surface area (Å²) in [5, 5.41) is 9.30. The molecule has 1 amide bonds. The molecule has 2 heterocycles. The van der Waals surface area contributed by atoms with E-state index in [4.69, 9.17) is 9.15 Å². The van der Waals surface area contributed by atoms with E-state index < -0.39 is 0 Å². The van der Waals surface area contributed by atoms with Crippen molar-refractivity contribution in [1.29, 1.82) is 0 Å². The van der Waals surface area contributed by atoms with Crippen LogP contribution in [0.2, 0.25) is 0 Å². The molecule has 1 aromatic rings. The number of aryl methyl sites for hydroxylation is 1. The Balaban J connectivity index is 1.52. The Labute approximate surface area is 124 Å². The van der Waals surface area contributed by atoms with Gasteiger partial charge in [-0.2, -0.15) is 0 Å². The zero-order valence-electron chi connectivity index (χ0n) is 12.5. The Bertz CT molecular complexity index is 498. The van der Waals surface area contributed by atoms with Crippen molar-refractivity contribution in [3.05, 3.63) is 23.7 Å². The maximum absolute atomic E-state index is 12.3. The number of rotatable bonds is 5. The summed E-state index contributed by atoms with van der Waals surface area (Å²) < 4.78 is 11.1. The van der Waals surface area contributed by atoms with E-state index in [0.717, 1.165) is 17.4 Å². The molecule has 1 aliphatic carbocycles. The zero-order chi connectivity index (χ0) is 14.8. The van der Waals surface area contributed by atoms with E-state index >= 15 is 0 Å². The molecule has 0 aromatic carbocycles. The second kappa shape index (κ2) is 6.20. The molecule has 1 aliphatic heterocycles. The normalized spacial score (nSPS) is 28.7. The molecule has 1 N–H and O–H groups in total. The molecule has 2 fully saturated rings. The van der Waals surface area contributed by atoms with Crippen LogP contribution in [0.1, 0.15) is 37.2 Å². The molecule has 2 aliphatic rings. The molecule has 5 heteroatoms. The molecule has 1 saturated carbocycles. The summed E-state index contributed by atoms with van der Waals surface area (Å²) in [4.78, 5) is 14.0. The monoisotopic (exact) mass is 293 g/mol. The van der Waals surface area contributed by atoms with Gasteiger partial charge in [-0.3, -0.25) is 4.79 Å². The molecule has 1 saturated heterocycles. The number of hydrogen-bond acceptors (Lipinski definition) is 4. The van der Waals surface area contributed by atoms with Gasteiger partial charge in [0.05, 0.1) is 25.9 Å². The highest BCUT2D eigenvalue weighted by Crippen LogP contribution is 2.47. The van der Waals surface area contributed by atoms with Gasteiger partial charge in [-0.05, 0) is 24.5 Å². The number of nitrogens with zero attached hydrogens (tertiary/aromatic N) is 1. The largest absolute Gasteiger partial charge is 0.466 e. The second-order valence-electron chi connectivity index (χ2n) is 6.12. The molecular weight excluding hydrogens is 270 g/mol. The number of hydrogen-bond donors (Lipinski definition) is 1. The molecule has 0 bridgehead atoms. The van der Waals surface area contributed by atoms with E-state index in [-0.39, 0.29) is 18.6 Å². The average Bonchev–Trinajstić information content (AvgIpc) is 3.06. The second-order valence-corrected chi connectivity index (χ2v) is 6.12. The van der Waals surface area contributed by atoms with Crippen LogP contribution in [0.5, 0.6) is 0 Å². The predicted octanol–water partition coefficient (Wildman–Crippen LogP) is 1.56. The fourth-order valence-corrected chi connectivity index (χ4v) is 2.95. The van der Waals surface area contributed by atoms with Gasteiger partial charge in [0.25, 0.3) is 0 Å². The third-order valence-corrected chi connectivity index (χ3v) is 4.50. The molecule has 3 unspecified atom stereocenters. The lowest BCUT2D eigenvalue weighted by Gasteiger charge is -2.34. The van der Waals surface area contributed by atoms with Crippen LogP contribution in [0.15, 0.2) is 16.5 Å². The summed E-state index contributed by atoms with van der Waals surface area (Å²) in [6.07, 6.45) is 2.25. The van der Waals surface area contributed by atoms with Crippen molar-refractivity contribution >= 4 is 5.91 Å². The number of ether oxygens (including phenoxy) is 1. The summed E-state index contributed by atoms with van der Waals surface area (Å²) >= 11 is 0. The van der Waals surface area contributed by atoms with E-state index in [1.165, 1.54) is 6.42 Å². The Morgan fingerprint density at radius 2 is 2.29 bits per heavy atom. The average molecular weight is 293 g/mol. The minimum atomic E-state index is -0.203. The van der Waals surface area contributed by atoms with Crippen molar-refractivity contribution in [1.82, 2.24) is 4.90 Å². The third-order valence-electron chi connectivity index (χ3n) is 4.50. The maximum atomic E-state index is 12.3. The number of morpholine rings is 1. The lowest BCUT2D eigenvalue weighted by molar-refractivity contribution is -0.141. The lowest BCUT2D eigenvalue weighted by Crippen LogP contribution is -2.50. The summed E-state index contributed by atoms with van der Waals surface area (Å²) in [6.45, 7) is 3.71. The van der Waals surface area contributed by atoms with Crippen LogP contribution in [-0.4, -0.2) is 48.3 Å². The van der Waals surface area contributed by atoms with E-state index in [1.54, 1.807) is 4.90 Å². The SMILES string of the molecule is CC1CC1c1ccc(CCC(=O)N2CCOCC2CO)o1. The van der Waals surface area contributed by atoms with Gasteiger partial charge in [0, 0.05) is 25.3 Å². The first kappa shape index (κ1) is 14.6. The van der Waals surface area contributed by atoms with Crippen LogP contribution in [-0.2, 0) is 16.0 Å². The molecule has 21 heavy (non-hydrogen) atoms. The standard InChI is InChI=1S/C16H23NO4/c1-11-8-14(11)15-4-2-13(21-15)3-5-16(19)17-6-7-20-10-12(17)9-18/h2,4,11-12,14,18H,3,5-10H2,1H3. The van der Waals surface area contributed by atoms with Crippen molar-refractivity contribution in [3.8, 4) is 0 Å². The van der Waals surface area contributed by atoms with Crippen LogP contribution in [0.4, 0.5) is 0 Å². The zero-order valence-corrected chi connectivity index (χ0v) is 12.5. The van der Waals surface area contributed by atoms with Gasteiger partial charge in [-0.15, -0.1) is 0 Å². The van der Waals surface area contributed by atoms with Crippen LogP contribution in [0.25, 0.3) is 0 Å². The fourth-order valence-electron chi connectivity index (χ4n) is 2.95. The summed E-state index contributed by atoms with van der Waals surface area (Å²) in [7, 11) is 0. The van der Waals surface area contributed by atoms with Crippen molar-refractivity contribution < 1.29 is 19.1 Å².